The van der Waals surface area contributed by atoms with Crippen LogP contribution in [-0.4, -0.2) is 34.8 Å². The maximum atomic E-state index is 9.29. The van der Waals surface area contributed by atoms with Crippen molar-refractivity contribution >= 4 is 17.4 Å². The van der Waals surface area contributed by atoms with Crippen molar-refractivity contribution in [2.45, 2.75) is 26.3 Å². The first-order chi connectivity index (χ1) is 8.08. The summed E-state index contributed by atoms with van der Waals surface area (Å²) in [6, 6.07) is -0.0742. The zero-order valence-corrected chi connectivity index (χ0v) is 11.0. The van der Waals surface area contributed by atoms with E-state index in [1.807, 2.05) is 0 Å². The van der Waals surface area contributed by atoms with Crippen LogP contribution < -0.4 is 10.1 Å². The van der Waals surface area contributed by atoms with Crippen molar-refractivity contribution in [3.05, 3.63) is 11.5 Å². The summed E-state index contributed by atoms with van der Waals surface area (Å²) in [6.07, 6.45) is 2.19. The van der Waals surface area contributed by atoms with Gasteiger partial charge >= 0.3 is 0 Å². The summed E-state index contributed by atoms with van der Waals surface area (Å²) < 4.78 is 5.13. The third kappa shape index (κ3) is 4.02. The maximum absolute atomic E-state index is 9.29. The molecular formula is C11H18ClN3O2. The summed E-state index contributed by atoms with van der Waals surface area (Å²) in [4.78, 5) is 7.89. The van der Waals surface area contributed by atoms with E-state index in [1.54, 1.807) is 0 Å². The van der Waals surface area contributed by atoms with Crippen LogP contribution in [0, 0.1) is 5.92 Å². The fourth-order valence-electron chi connectivity index (χ4n) is 1.58. The Balaban J connectivity index is 2.82. The summed E-state index contributed by atoms with van der Waals surface area (Å²) in [5, 5.41) is 12.7. The van der Waals surface area contributed by atoms with Gasteiger partial charge < -0.3 is 15.2 Å². The van der Waals surface area contributed by atoms with E-state index in [0.29, 0.717) is 17.5 Å². The quantitative estimate of drug-likeness (QED) is 0.765. The van der Waals surface area contributed by atoms with Gasteiger partial charge in [0.1, 0.15) is 6.33 Å². The van der Waals surface area contributed by atoms with Crippen LogP contribution in [-0.2, 0) is 0 Å². The van der Waals surface area contributed by atoms with E-state index < -0.39 is 0 Å². The normalized spacial score (nSPS) is 12.6. The first kappa shape index (κ1) is 14.0. The molecule has 1 aromatic heterocycles. The number of methoxy groups -OCH3 is 1. The van der Waals surface area contributed by atoms with Gasteiger partial charge in [-0.3, -0.25) is 0 Å². The third-order valence-electron chi connectivity index (χ3n) is 2.28. The lowest BCUT2D eigenvalue weighted by Crippen LogP contribution is -2.26. The highest BCUT2D eigenvalue weighted by atomic mass is 35.5. The molecule has 0 saturated heterocycles. The molecule has 1 atom stereocenters. The molecule has 0 aromatic carbocycles. The average Bonchev–Trinajstić information content (AvgIpc) is 2.28. The molecule has 0 fully saturated rings. The van der Waals surface area contributed by atoms with E-state index in [2.05, 4.69) is 29.1 Å². The summed E-state index contributed by atoms with van der Waals surface area (Å²) >= 11 is 5.88. The minimum Gasteiger partial charge on any atom is -0.490 e. The smallest absolute Gasteiger partial charge is 0.198 e. The van der Waals surface area contributed by atoms with Gasteiger partial charge in [-0.1, -0.05) is 25.4 Å². The van der Waals surface area contributed by atoms with Crippen molar-refractivity contribution in [1.29, 1.82) is 0 Å². The Bertz CT molecular complexity index is 361. The zero-order valence-electron chi connectivity index (χ0n) is 10.3. The number of hydrogen-bond acceptors (Lipinski definition) is 5. The second-order valence-electron chi connectivity index (χ2n) is 4.20. The molecule has 0 radical (unpaired) electrons. The maximum Gasteiger partial charge on any atom is 0.198 e. The van der Waals surface area contributed by atoms with Crippen LogP contribution in [0.25, 0.3) is 0 Å². The second kappa shape index (κ2) is 6.61. The fraction of sp³-hybridized carbons (Fsp3) is 0.636. The van der Waals surface area contributed by atoms with E-state index >= 15 is 0 Å². The van der Waals surface area contributed by atoms with Gasteiger partial charge in [-0.25, -0.2) is 9.97 Å². The monoisotopic (exact) mass is 259 g/mol. The molecule has 17 heavy (non-hydrogen) atoms. The molecule has 0 aliphatic heterocycles. The van der Waals surface area contributed by atoms with Crippen LogP contribution in [0.1, 0.15) is 20.3 Å². The minimum atomic E-state index is -0.0742. The number of nitrogens with one attached hydrogen (secondary N) is 1. The highest BCUT2D eigenvalue weighted by Gasteiger charge is 2.15. The van der Waals surface area contributed by atoms with Crippen molar-refractivity contribution in [1.82, 2.24) is 9.97 Å². The molecule has 1 heterocycles. The molecule has 0 amide bonds. The Hall–Kier alpha value is -1.07. The largest absolute Gasteiger partial charge is 0.490 e. The minimum absolute atomic E-state index is 0.0307. The van der Waals surface area contributed by atoms with Gasteiger partial charge in [-0.05, 0) is 12.3 Å². The number of ether oxygens (including phenoxy) is 1. The number of aromatic nitrogens is 2. The number of halogens is 1. The second-order valence-corrected chi connectivity index (χ2v) is 4.56. The molecule has 0 aliphatic carbocycles. The van der Waals surface area contributed by atoms with Crippen LogP contribution in [0.3, 0.4) is 0 Å². The number of nitrogens with zero attached hydrogens (tertiary/aromatic N) is 2. The van der Waals surface area contributed by atoms with E-state index in [9.17, 15) is 5.11 Å². The van der Waals surface area contributed by atoms with Crippen molar-refractivity contribution in [3.8, 4) is 5.75 Å². The first-order valence-electron chi connectivity index (χ1n) is 5.50. The molecule has 2 N–H and O–H groups in total. The molecule has 0 spiro atoms. The predicted octanol–water partition coefficient (Wildman–Crippen LogP) is 1.96. The number of hydrogen-bond donors (Lipinski definition) is 2. The highest BCUT2D eigenvalue weighted by Crippen LogP contribution is 2.29. The summed E-state index contributed by atoms with van der Waals surface area (Å²) in [5.41, 5.74) is 0. The van der Waals surface area contributed by atoms with E-state index in [4.69, 9.17) is 16.3 Å². The van der Waals surface area contributed by atoms with Gasteiger partial charge in [0, 0.05) is 0 Å². The first-order valence-corrected chi connectivity index (χ1v) is 5.88. The van der Waals surface area contributed by atoms with E-state index in [1.165, 1.54) is 13.4 Å². The molecule has 0 bridgehead atoms. The number of rotatable bonds is 6. The van der Waals surface area contributed by atoms with Gasteiger partial charge in [0.25, 0.3) is 0 Å². The predicted molar refractivity (Wildman–Crippen MR) is 67.5 cm³/mol. The lowest BCUT2D eigenvalue weighted by molar-refractivity contribution is 0.258. The Labute approximate surface area is 106 Å². The van der Waals surface area contributed by atoms with Crippen LogP contribution >= 0.6 is 11.6 Å². The Morgan fingerprint density at radius 1 is 1.47 bits per heavy atom. The van der Waals surface area contributed by atoms with Crippen LogP contribution in [0.5, 0.6) is 5.75 Å². The van der Waals surface area contributed by atoms with E-state index in [0.717, 1.165) is 6.42 Å². The molecule has 1 aromatic rings. The summed E-state index contributed by atoms with van der Waals surface area (Å²) in [6.45, 7) is 4.21. The molecule has 1 unspecified atom stereocenters. The Morgan fingerprint density at radius 2 is 2.18 bits per heavy atom. The summed E-state index contributed by atoms with van der Waals surface area (Å²) in [7, 11) is 1.51. The van der Waals surface area contributed by atoms with Gasteiger partial charge in [0.2, 0.25) is 0 Å². The van der Waals surface area contributed by atoms with Crippen LogP contribution in [0.4, 0.5) is 5.82 Å². The Kier molecular flexibility index (Phi) is 5.44. The van der Waals surface area contributed by atoms with Crippen molar-refractivity contribution in [3.63, 3.8) is 0 Å². The van der Waals surface area contributed by atoms with Crippen molar-refractivity contribution < 1.29 is 9.84 Å². The van der Waals surface area contributed by atoms with Crippen LogP contribution in [0.2, 0.25) is 5.15 Å². The highest BCUT2D eigenvalue weighted by molar-refractivity contribution is 6.31. The Morgan fingerprint density at radius 3 is 2.71 bits per heavy atom. The van der Waals surface area contributed by atoms with E-state index in [-0.39, 0.29) is 17.8 Å². The van der Waals surface area contributed by atoms with Gasteiger partial charge in [0.05, 0.1) is 19.8 Å². The van der Waals surface area contributed by atoms with Crippen molar-refractivity contribution in [2.75, 3.05) is 19.0 Å². The summed E-state index contributed by atoms with van der Waals surface area (Å²) in [5.74, 6) is 1.38. The number of anilines is 1. The van der Waals surface area contributed by atoms with Gasteiger partial charge in [0.15, 0.2) is 16.7 Å². The topological polar surface area (TPSA) is 67.3 Å². The zero-order chi connectivity index (χ0) is 12.8. The SMILES string of the molecule is COc1c(Cl)ncnc1NC(CO)CC(C)C. The lowest BCUT2D eigenvalue weighted by atomic mass is 10.0. The van der Waals surface area contributed by atoms with Crippen LogP contribution in [0.15, 0.2) is 6.33 Å². The lowest BCUT2D eigenvalue weighted by Gasteiger charge is -2.20. The van der Waals surface area contributed by atoms with Gasteiger partial charge in [-0.15, -0.1) is 0 Å². The molecule has 96 valence electrons. The molecule has 5 nitrogen and oxygen atoms in total. The molecule has 0 aliphatic rings. The molecule has 0 saturated carbocycles. The number of aliphatic hydroxyl groups excluding tert-OH is 1. The molecular weight excluding hydrogens is 242 g/mol. The number of aliphatic hydroxyl groups is 1. The molecule has 1 rings (SSSR count). The average molecular weight is 260 g/mol. The molecule has 6 heteroatoms. The van der Waals surface area contributed by atoms with Gasteiger partial charge in [-0.2, -0.15) is 0 Å². The fourth-order valence-corrected chi connectivity index (χ4v) is 1.79. The third-order valence-corrected chi connectivity index (χ3v) is 2.55. The van der Waals surface area contributed by atoms with Crippen molar-refractivity contribution in [2.24, 2.45) is 5.92 Å². The standard InChI is InChI=1S/C11H18ClN3O2/c1-7(2)4-8(5-16)15-11-9(17-3)10(12)13-6-14-11/h6-8,16H,4-5H2,1-3H3,(H,13,14,15).